The second-order valence-electron chi connectivity index (χ2n) is 8.24. The minimum Gasteiger partial charge on any atom is -0.423 e. The third-order valence-electron chi connectivity index (χ3n) is 5.57. The SMILES string of the molecule is CC(C)Cn1c(SCc2cc(=O)oc3cc4c(cc23)CCC4)nc2ccccc21. The van der Waals surface area contributed by atoms with Crippen molar-refractivity contribution in [2.75, 3.05) is 0 Å². The summed E-state index contributed by atoms with van der Waals surface area (Å²) in [5, 5.41) is 2.06. The molecule has 2 heterocycles. The van der Waals surface area contributed by atoms with E-state index in [1.165, 1.54) is 23.1 Å². The van der Waals surface area contributed by atoms with Crippen molar-refractivity contribution in [1.29, 1.82) is 0 Å². The lowest BCUT2D eigenvalue weighted by Crippen LogP contribution is -2.06. The molecular weight excluding hydrogens is 380 g/mol. The molecule has 0 N–H and O–H groups in total. The number of aromatic nitrogens is 2. The van der Waals surface area contributed by atoms with Gasteiger partial charge in [0.2, 0.25) is 0 Å². The van der Waals surface area contributed by atoms with Crippen molar-refractivity contribution in [3.05, 3.63) is 69.6 Å². The second-order valence-corrected chi connectivity index (χ2v) is 9.18. The fourth-order valence-electron chi connectivity index (χ4n) is 4.26. The van der Waals surface area contributed by atoms with E-state index in [-0.39, 0.29) is 5.63 Å². The van der Waals surface area contributed by atoms with E-state index >= 15 is 0 Å². The van der Waals surface area contributed by atoms with Gasteiger partial charge in [0.15, 0.2) is 5.16 Å². The Morgan fingerprint density at radius 2 is 1.93 bits per heavy atom. The molecule has 0 fully saturated rings. The number of rotatable bonds is 5. The molecule has 0 amide bonds. The first-order valence-corrected chi connectivity index (χ1v) is 11.2. The standard InChI is InChI=1S/C24H24N2O2S/c1-15(2)13-26-21-9-4-3-8-20(21)25-24(26)29-14-18-12-23(27)28-22-11-17-7-5-6-16(17)10-19(18)22/h3-4,8-12,15H,5-7,13-14H2,1-2H3. The number of para-hydroxylation sites is 2. The lowest BCUT2D eigenvalue weighted by atomic mass is 10.0. The van der Waals surface area contributed by atoms with Gasteiger partial charge in [-0.3, -0.25) is 0 Å². The molecule has 4 nitrogen and oxygen atoms in total. The van der Waals surface area contributed by atoms with Crippen LogP contribution in [0.3, 0.4) is 0 Å². The Kier molecular flexibility index (Phi) is 4.70. The molecule has 1 aliphatic rings. The van der Waals surface area contributed by atoms with Gasteiger partial charge in [-0.05, 0) is 66.1 Å². The van der Waals surface area contributed by atoms with Gasteiger partial charge in [0, 0.05) is 23.8 Å². The third-order valence-corrected chi connectivity index (χ3v) is 6.59. The van der Waals surface area contributed by atoms with E-state index in [2.05, 4.69) is 48.7 Å². The van der Waals surface area contributed by atoms with E-state index in [1.54, 1.807) is 17.8 Å². The van der Waals surface area contributed by atoms with Crippen molar-refractivity contribution in [3.63, 3.8) is 0 Å². The zero-order valence-corrected chi connectivity index (χ0v) is 17.6. The van der Waals surface area contributed by atoms with Gasteiger partial charge in [-0.1, -0.05) is 37.7 Å². The molecule has 5 heteroatoms. The number of aryl methyl sites for hydroxylation is 2. The van der Waals surface area contributed by atoms with Gasteiger partial charge in [0.1, 0.15) is 5.58 Å². The van der Waals surface area contributed by atoms with Crippen molar-refractivity contribution in [1.82, 2.24) is 9.55 Å². The summed E-state index contributed by atoms with van der Waals surface area (Å²) in [6.07, 6.45) is 3.37. The molecule has 0 saturated carbocycles. The largest absolute Gasteiger partial charge is 0.423 e. The van der Waals surface area contributed by atoms with E-state index in [9.17, 15) is 4.79 Å². The van der Waals surface area contributed by atoms with Crippen LogP contribution in [-0.2, 0) is 25.1 Å². The minimum absolute atomic E-state index is 0.276. The van der Waals surface area contributed by atoms with Crippen LogP contribution in [0.25, 0.3) is 22.0 Å². The molecule has 2 aromatic heterocycles. The monoisotopic (exact) mass is 404 g/mol. The molecule has 1 aliphatic carbocycles. The predicted molar refractivity (Wildman–Crippen MR) is 119 cm³/mol. The quantitative estimate of drug-likeness (QED) is 0.322. The Balaban J connectivity index is 1.53. The Labute approximate surface area is 173 Å². The molecule has 0 bridgehead atoms. The zero-order chi connectivity index (χ0) is 20.0. The molecule has 0 saturated heterocycles. The molecule has 29 heavy (non-hydrogen) atoms. The van der Waals surface area contributed by atoms with Gasteiger partial charge in [0.05, 0.1) is 11.0 Å². The number of hydrogen-bond donors (Lipinski definition) is 0. The third kappa shape index (κ3) is 3.48. The lowest BCUT2D eigenvalue weighted by molar-refractivity contribution is 0.505. The van der Waals surface area contributed by atoms with Crippen molar-refractivity contribution < 1.29 is 4.42 Å². The minimum atomic E-state index is -0.276. The number of fused-ring (bicyclic) bond motifs is 3. The molecule has 2 aromatic carbocycles. The molecule has 0 aliphatic heterocycles. The highest BCUT2D eigenvalue weighted by molar-refractivity contribution is 7.98. The average Bonchev–Trinajstić information content (AvgIpc) is 3.28. The van der Waals surface area contributed by atoms with E-state index in [1.807, 2.05) is 6.07 Å². The van der Waals surface area contributed by atoms with Gasteiger partial charge >= 0.3 is 5.63 Å². The summed E-state index contributed by atoms with van der Waals surface area (Å²) < 4.78 is 7.82. The van der Waals surface area contributed by atoms with Gasteiger partial charge in [-0.2, -0.15) is 0 Å². The highest BCUT2D eigenvalue weighted by atomic mass is 32.2. The van der Waals surface area contributed by atoms with Crippen LogP contribution in [0.5, 0.6) is 0 Å². The Morgan fingerprint density at radius 3 is 2.76 bits per heavy atom. The van der Waals surface area contributed by atoms with Gasteiger partial charge < -0.3 is 8.98 Å². The first-order chi connectivity index (χ1) is 14.1. The van der Waals surface area contributed by atoms with E-state index in [0.29, 0.717) is 17.3 Å². The van der Waals surface area contributed by atoms with Crippen LogP contribution in [-0.4, -0.2) is 9.55 Å². The number of benzene rings is 2. The fourth-order valence-corrected chi connectivity index (χ4v) is 5.28. The topological polar surface area (TPSA) is 48.0 Å². The summed E-state index contributed by atoms with van der Waals surface area (Å²) in [6, 6.07) is 14.2. The first kappa shape index (κ1) is 18.5. The Morgan fingerprint density at radius 1 is 1.14 bits per heavy atom. The number of thioether (sulfide) groups is 1. The molecule has 0 atom stereocenters. The predicted octanol–water partition coefficient (Wildman–Crippen LogP) is 5.58. The van der Waals surface area contributed by atoms with Crippen LogP contribution in [0.15, 0.2) is 56.8 Å². The van der Waals surface area contributed by atoms with E-state index in [0.717, 1.165) is 41.0 Å². The maximum absolute atomic E-state index is 12.2. The van der Waals surface area contributed by atoms with Gasteiger partial charge in [0.25, 0.3) is 0 Å². The van der Waals surface area contributed by atoms with Crippen LogP contribution >= 0.6 is 11.8 Å². The molecule has 0 spiro atoms. The van der Waals surface area contributed by atoms with Gasteiger partial charge in [-0.25, -0.2) is 9.78 Å². The molecule has 5 rings (SSSR count). The molecule has 0 unspecified atom stereocenters. The normalized spacial score (nSPS) is 13.6. The summed E-state index contributed by atoms with van der Waals surface area (Å²) in [5.41, 5.74) is 6.36. The number of nitrogens with zero attached hydrogens (tertiary/aromatic N) is 2. The van der Waals surface area contributed by atoms with Crippen LogP contribution in [0.1, 0.15) is 37.0 Å². The fraction of sp³-hybridized carbons (Fsp3) is 0.333. The summed E-state index contributed by atoms with van der Waals surface area (Å²) in [7, 11) is 0. The number of hydrogen-bond acceptors (Lipinski definition) is 4. The van der Waals surface area contributed by atoms with Crippen molar-refractivity contribution in [2.45, 2.75) is 50.6 Å². The lowest BCUT2D eigenvalue weighted by Gasteiger charge is -2.12. The van der Waals surface area contributed by atoms with Gasteiger partial charge in [-0.15, -0.1) is 0 Å². The summed E-state index contributed by atoms with van der Waals surface area (Å²) in [6.45, 7) is 5.37. The van der Waals surface area contributed by atoms with Crippen LogP contribution in [0.4, 0.5) is 0 Å². The molecule has 4 aromatic rings. The summed E-state index contributed by atoms with van der Waals surface area (Å²) in [5.74, 6) is 1.22. The van der Waals surface area contributed by atoms with Crippen LogP contribution in [0.2, 0.25) is 0 Å². The Bertz CT molecular complexity index is 1270. The zero-order valence-electron chi connectivity index (χ0n) is 16.8. The van der Waals surface area contributed by atoms with Crippen LogP contribution in [0, 0.1) is 5.92 Å². The highest BCUT2D eigenvalue weighted by Gasteiger charge is 2.17. The summed E-state index contributed by atoms with van der Waals surface area (Å²) >= 11 is 1.70. The maximum atomic E-state index is 12.2. The van der Waals surface area contributed by atoms with Crippen molar-refractivity contribution >= 4 is 33.8 Å². The average molecular weight is 405 g/mol. The van der Waals surface area contributed by atoms with Crippen molar-refractivity contribution in [2.24, 2.45) is 5.92 Å². The first-order valence-electron chi connectivity index (χ1n) is 10.2. The maximum Gasteiger partial charge on any atom is 0.336 e. The highest BCUT2D eigenvalue weighted by Crippen LogP contribution is 2.32. The summed E-state index contributed by atoms with van der Waals surface area (Å²) in [4.78, 5) is 17.0. The Hall–Kier alpha value is -2.53. The molecular formula is C24H24N2O2S. The smallest absolute Gasteiger partial charge is 0.336 e. The molecule has 0 radical (unpaired) electrons. The molecule has 148 valence electrons. The van der Waals surface area contributed by atoms with E-state index < -0.39 is 0 Å². The van der Waals surface area contributed by atoms with Crippen molar-refractivity contribution in [3.8, 4) is 0 Å². The van der Waals surface area contributed by atoms with E-state index in [4.69, 9.17) is 9.40 Å². The second kappa shape index (κ2) is 7.38. The number of imidazole rings is 1. The van der Waals surface area contributed by atoms with Crippen LogP contribution < -0.4 is 5.63 Å².